The van der Waals surface area contributed by atoms with E-state index in [1.54, 1.807) is 0 Å². The van der Waals surface area contributed by atoms with Crippen LogP contribution in [0, 0.1) is 17.0 Å². The Labute approximate surface area is 235 Å². The van der Waals surface area contributed by atoms with Crippen LogP contribution >= 0.6 is 23.2 Å². The van der Waals surface area contributed by atoms with E-state index in [0.29, 0.717) is 23.2 Å². The van der Waals surface area contributed by atoms with Crippen LogP contribution in [0.25, 0.3) is 0 Å². The van der Waals surface area contributed by atoms with Crippen LogP contribution in [0.2, 0.25) is 10.0 Å². The number of halogens is 4. The summed E-state index contributed by atoms with van der Waals surface area (Å²) >= 11 is 12.2. The molecule has 0 aromatic heterocycles. The largest absolute Gasteiger partial charge is 0.390 e. The van der Waals surface area contributed by atoms with Crippen molar-refractivity contribution in [2.45, 2.75) is 81.7 Å². The number of anilines is 1. The molecule has 1 aliphatic carbocycles. The molecule has 7 nitrogen and oxygen atoms in total. The fourth-order valence-corrected chi connectivity index (χ4v) is 6.89. The van der Waals surface area contributed by atoms with Gasteiger partial charge in [-0.05, 0) is 60.1 Å². The smallest absolute Gasteiger partial charge is 0.238 e. The highest BCUT2D eigenvalue weighted by Crippen LogP contribution is 2.57. The van der Waals surface area contributed by atoms with Crippen molar-refractivity contribution < 1.29 is 28.6 Å². The van der Waals surface area contributed by atoms with Crippen molar-refractivity contribution >= 4 is 40.7 Å². The fraction of sp³-hybridized carbons (Fsp3) is 0.500. The minimum atomic E-state index is -1.47. The summed E-state index contributed by atoms with van der Waals surface area (Å²) in [6.45, 7) is 5.99. The Morgan fingerprint density at radius 2 is 1.72 bits per heavy atom. The third-order valence-corrected chi connectivity index (χ3v) is 8.71. The fourth-order valence-electron chi connectivity index (χ4n) is 6.54. The van der Waals surface area contributed by atoms with Gasteiger partial charge in [0.2, 0.25) is 11.8 Å². The molecular formula is C28H31Cl2F2N3O4. The lowest BCUT2D eigenvalue weighted by Gasteiger charge is -2.37. The molecule has 6 atom stereocenters. The molecular weight excluding hydrogens is 551 g/mol. The molecule has 11 heteroatoms. The number of nitrogens with one attached hydrogen (secondary N) is 3. The lowest BCUT2D eigenvalue weighted by Crippen LogP contribution is -2.49. The highest BCUT2D eigenvalue weighted by Gasteiger charge is 2.66. The van der Waals surface area contributed by atoms with Crippen molar-refractivity contribution in [3.05, 3.63) is 63.1 Å². The van der Waals surface area contributed by atoms with E-state index >= 15 is 0 Å². The van der Waals surface area contributed by atoms with Crippen LogP contribution in [-0.2, 0) is 15.0 Å². The molecule has 2 aromatic carbocycles. The third-order valence-electron chi connectivity index (χ3n) is 8.13. The highest BCUT2D eigenvalue weighted by atomic mass is 35.5. The van der Waals surface area contributed by atoms with Crippen molar-refractivity contribution in [1.29, 1.82) is 0 Å². The maximum absolute atomic E-state index is 15.0. The van der Waals surface area contributed by atoms with Crippen molar-refractivity contribution in [2.24, 2.45) is 5.41 Å². The van der Waals surface area contributed by atoms with Gasteiger partial charge in [0.05, 0.1) is 28.3 Å². The number of aliphatic hydroxyl groups excluding tert-OH is 2. The molecule has 5 N–H and O–H groups in total. The van der Waals surface area contributed by atoms with Gasteiger partial charge in [0, 0.05) is 23.7 Å². The average molecular weight is 582 g/mol. The van der Waals surface area contributed by atoms with Crippen LogP contribution in [0.5, 0.6) is 0 Å². The molecule has 39 heavy (non-hydrogen) atoms. The predicted molar refractivity (Wildman–Crippen MR) is 144 cm³/mol. The molecule has 6 unspecified atom stereocenters. The molecule has 5 rings (SSSR count). The molecule has 0 bridgehead atoms. The number of carbonyl (C=O) groups is 2. The summed E-state index contributed by atoms with van der Waals surface area (Å²) in [6, 6.07) is 4.51. The molecule has 2 aliphatic heterocycles. The van der Waals surface area contributed by atoms with E-state index in [0.717, 1.165) is 0 Å². The van der Waals surface area contributed by atoms with Crippen molar-refractivity contribution in [2.75, 3.05) is 5.32 Å². The number of carbonyl (C=O) groups excluding carboxylic acids is 2. The summed E-state index contributed by atoms with van der Waals surface area (Å²) in [7, 11) is 0. The summed E-state index contributed by atoms with van der Waals surface area (Å²) in [5.41, 5.74) is -0.659. The van der Waals surface area contributed by atoms with Gasteiger partial charge >= 0.3 is 0 Å². The zero-order chi connectivity index (χ0) is 28.4. The lowest BCUT2D eigenvalue weighted by molar-refractivity contribution is -0.124. The second-order valence-electron chi connectivity index (χ2n) is 12.1. The van der Waals surface area contributed by atoms with E-state index in [4.69, 9.17) is 23.2 Å². The molecule has 0 radical (unpaired) electrons. The van der Waals surface area contributed by atoms with Crippen LogP contribution in [0.15, 0.2) is 30.3 Å². The Morgan fingerprint density at radius 3 is 2.33 bits per heavy atom. The average Bonchev–Trinajstić information content (AvgIpc) is 3.42. The lowest BCUT2D eigenvalue weighted by atomic mass is 9.62. The van der Waals surface area contributed by atoms with E-state index in [9.17, 15) is 28.6 Å². The minimum Gasteiger partial charge on any atom is -0.390 e. The summed E-state index contributed by atoms with van der Waals surface area (Å²) < 4.78 is 29.2. The summed E-state index contributed by atoms with van der Waals surface area (Å²) in [5, 5.41) is 28.8. The van der Waals surface area contributed by atoms with E-state index < -0.39 is 65.1 Å². The first kappa shape index (κ1) is 28.2. The van der Waals surface area contributed by atoms with E-state index in [-0.39, 0.29) is 28.3 Å². The van der Waals surface area contributed by atoms with E-state index in [1.165, 1.54) is 30.3 Å². The van der Waals surface area contributed by atoms with Crippen molar-refractivity contribution in [3.8, 4) is 0 Å². The Bertz CT molecular complexity index is 1330. The van der Waals surface area contributed by atoms with Gasteiger partial charge in [0.1, 0.15) is 17.0 Å². The normalized spacial score (nSPS) is 32.0. The van der Waals surface area contributed by atoms with Crippen LogP contribution in [-0.4, -0.2) is 52.4 Å². The number of hydrogen-bond acceptors (Lipinski definition) is 5. The van der Waals surface area contributed by atoms with E-state index in [1.807, 2.05) is 20.8 Å². The van der Waals surface area contributed by atoms with Gasteiger partial charge in [-0.15, -0.1) is 0 Å². The Balaban J connectivity index is 1.69. The zero-order valence-electron chi connectivity index (χ0n) is 21.7. The Kier molecular flexibility index (Phi) is 7.21. The molecule has 2 amide bonds. The number of benzene rings is 2. The second-order valence-corrected chi connectivity index (χ2v) is 12.9. The molecule has 2 aromatic rings. The summed E-state index contributed by atoms with van der Waals surface area (Å²) in [6.07, 6.45) is -1.13. The topological polar surface area (TPSA) is 111 Å². The zero-order valence-corrected chi connectivity index (χ0v) is 23.2. The van der Waals surface area contributed by atoms with Gasteiger partial charge in [-0.3, -0.25) is 9.59 Å². The maximum atomic E-state index is 15.0. The minimum absolute atomic E-state index is 0.154. The number of hydrogen-bond donors (Lipinski definition) is 5. The monoisotopic (exact) mass is 581 g/mol. The van der Waals surface area contributed by atoms with Crippen LogP contribution in [0.3, 0.4) is 0 Å². The van der Waals surface area contributed by atoms with Gasteiger partial charge in [-0.25, -0.2) is 8.78 Å². The second kappa shape index (κ2) is 9.96. The van der Waals surface area contributed by atoms with Crippen molar-refractivity contribution in [3.63, 3.8) is 0 Å². The molecule has 2 fully saturated rings. The molecule has 1 saturated carbocycles. The quantitative estimate of drug-likeness (QED) is 0.374. The standard InChI is InChI=1S/C28H31Cl2F2N3O4/c1-27(2,3)11-22-28(14-9-18(32)16(30)10-19(14)34-26(28)39)23(12-4-5-17(31)15(29)6-12)24(35-22)25(38)33-13-7-20(36)21(37)8-13/h4-6,9-10,13,20-24,35-37H,7-8,11H2,1-3H3,(H,33,38)(H,34,39). The number of fused-ring (bicyclic) bond motifs is 2. The maximum Gasteiger partial charge on any atom is 0.238 e. The first-order valence-electron chi connectivity index (χ1n) is 12.9. The van der Waals surface area contributed by atoms with Crippen molar-refractivity contribution in [1.82, 2.24) is 10.6 Å². The first-order valence-corrected chi connectivity index (χ1v) is 13.7. The number of aliphatic hydroxyl groups is 2. The molecule has 1 saturated heterocycles. The van der Waals surface area contributed by atoms with Gasteiger partial charge in [0.15, 0.2) is 0 Å². The first-order chi connectivity index (χ1) is 18.2. The Hall–Kier alpha value is -2.30. The SMILES string of the molecule is CC(C)(C)CC1NC(C(=O)NC2CC(O)C(O)C2)C(c2ccc(F)c(Cl)c2)C12C(=O)Nc1cc(Cl)c(F)cc12. The third kappa shape index (κ3) is 4.82. The Morgan fingerprint density at radius 1 is 1.08 bits per heavy atom. The van der Waals surface area contributed by atoms with Crippen LogP contribution in [0.4, 0.5) is 14.5 Å². The molecule has 1 spiro atoms. The summed E-state index contributed by atoms with van der Waals surface area (Å²) in [4.78, 5) is 28.0. The van der Waals surface area contributed by atoms with Gasteiger partial charge in [-0.2, -0.15) is 0 Å². The predicted octanol–water partition coefficient (Wildman–Crippen LogP) is 4.02. The van der Waals surface area contributed by atoms with Crippen LogP contribution in [0.1, 0.15) is 57.1 Å². The van der Waals surface area contributed by atoms with Gasteiger partial charge < -0.3 is 26.2 Å². The molecule has 210 valence electrons. The molecule has 2 heterocycles. The molecule has 3 aliphatic rings. The highest BCUT2D eigenvalue weighted by molar-refractivity contribution is 6.31. The van der Waals surface area contributed by atoms with Crippen LogP contribution < -0.4 is 16.0 Å². The van der Waals surface area contributed by atoms with Gasteiger partial charge in [0.25, 0.3) is 0 Å². The van der Waals surface area contributed by atoms with Gasteiger partial charge in [-0.1, -0.05) is 50.0 Å². The van der Waals surface area contributed by atoms with E-state index in [2.05, 4.69) is 16.0 Å². The summed E-state index contributed by atoms with van der Waals surface area (Å²) in [5.74, 6) is -3.18. The number of amides is 2. The number of rotatable bonds is 4.